The third-order valence-electron chi connectivity index (χ3n) is 10.1. The molecule has 0 aliphatic rings. The standard InChI is InChI=1S/C47H27N3OSe/c1-2-11-28(12-3-1)45-48-46(50-47(49-45)31-23-24-42-40(27-31)34-15-6-8-19-41(34)51-42)30-22-21-29-25-39(33-14-5-4-13-32(33)38(29)26-30)37-18-10-17-36-35-16-7-9-20-43(35)52-44(36)37/h1-27H. The Hall–Kier alpha value is -6.39. The molecule has 52 heavy (non-hydrogen) atoms. The molecule has 242 valence electrons. The molecule has 0 aliphatic carbocycles. The normalized spacial score (nSPS) is 11.8. The van der Waals surface area contributed by atoms with Gasteiger partial charge in [0.2, 0.25) is 0 Å². The van der Waals surface area contributed by atoms with Gasteiger partial charge in [0.1, 0.15) is 11.2 Å². The fourth-order valence-electron chi connectivity index (χ4n) is 7.64. The van der Waals surface area contributed by atoms with E-state index < -0.39 is 0 Å². The Morgan fingerprint density at radius 3 is 1.81 bits per heavy atom. The molecule has 0 radical (unpaired) electrons. The van der Waals surface area contributed by atoms with Gasteiger partial charge >= 0.3 is 207 Å². The van der Waals surface area contributed by atoms with Gasteiger partial charge in [-0.25, -0.2) is 0 Å². The summed E-state index contributed by atoms with van der Waals surface area (Å²) in [5, 5.41) is 9.68. The molecular weight excluding hydrogens is 701 g/mol. The molecule has 0 unspecified atom stereocenters. The van der Waals surface area contributed by atoms with Gasteiger partial charge < -0.3 is 4.42 Å². The zero-order valence-electron chi connectivity index (χ0n) is 27.7. The van der Waals surface area contributed by atoms with Gasteiger partial charge in [0.15, 0.2) is 0 Å². The molecule has 11 aromatic rings. The van der Waals surface area contributed by atoms with Crippen LogP contribution in [0.25, 0.3) is 108 Å². The van der Waals surface area contributed by atoms with E-state index in [-0.39, 0.29) is 14.5 Å². The summed E-state index contributed by atoms with van der Waals surface area (Å²) >= 11 is 0.254. The van der Waals surface area contributed by atoms with Crippen molar-refractivity contribution in [1.29, 1.82) is 0 Å². The minimum Gasteiger partial charge on any atom is -0.456 e. The molecule has 3 heterocycles. The molecule has 0 saturated heterocycles. The van der Waals surface area contributed by atoms with E-state index in [2.05, 4.69) is 103 Å². The van der Waals surface area contributed by atoms with Crippen LogP contribution in [0.3, 0.4) is 0 Å². The predicted octanol–water partition coefficient (Wildman–Crippen LogP) is 12.1. The molecule has 3 aromatic heterocycles. The number of para-hydroxylation sites is 1. The van der Waals surface area contributed by atoms with E-state index in [1.165, 1.54) is 52.0 Å². The number of hydrogen-bond acceptors (Lipinski definition) is 4. The molecule has 0 bridgehead atoms. The van der Waals surface area contributed by atoms with Gasteiger partial charge in [-0.05, 0) is 24.3 Å². The summed E-state index contributed by atoms with van der Waals surface area (Å²) in [6.45, 7) is 0. The molecule has 0 atom stereocenters. The second kappa shape index (κ2) is 11.6. The topological polar surface area (TPSA) is 51.8 Å². The quantitative estimate of drug-likeness (QED) is 0.134. The average molecular weight is 729 g/mol. The maximum atomic E-state index is 6.13. The number of furan rings is 1. The molecule has 0 spiro atoms. The second-order valence-corrected chi connectivity index (χ2v) is 15.4. The maximum absolute atomic E-state index is 6.13. The Kier molecular flexibility index (Phi) is 6.53. The number of nitrogens with zero attached hydrogens (tertiary/aromatic N) is 3. The summed E-state index contributed by atoms with van der Waals surface area (Å²) in [5.74, 6) is 1.90. The first-order chi connectivity index (χ1) is 25.7. The van der Waals surface area contributed by atoms with Gasteiger partial charge in [-0.2, -0.15) is 0 Å². The molecule has 11 rings (SSSR count). The molecule has 0 N–H and O–H groups in total. The minimum absolute atomic E-state index is 0.254. The van der Waals surface area contributed by atoms with Gasteiger partial charge in [-0.3, -0.25) is 0 Å². The van der Waals surface area contributed by atoms with Gasteiger partial charge in [-0.1, -0.05) is 48.5 Å². The predicted molar refractivity (Wildman–Crippen MR) is 216 cm³/mol. The zero-order chi connectivity index (χ0) is 34.2. The van der Waals surface area contributed by atoms with Gasteiger partial charge in [-0.15, -0.1) is 0 Å². The van der Waals surface area contributed by atoms with Crippen LogP contribution in [0.1, 0.15) is 0 Å². The minimum atomic E-state index is 0.254. The van der Waals surface area contributed by atoms with Crippen molar-refractivity contribution in [1.82, 2.24) is 15.0 Å². The first-order valence-electron chi connectivity index (χ1n) is 17.3. The fourth-order valence-corrected chi connectivity index (χ4v) is 10.2. The summed E-state index contributed by atoms with van der Waals surface area (Å²) in [7, 11) is 0. The van der Waals surface area contributed by atoms with E-state index in [0.29, 0.717) is 17.5 Å². The third-order valence-corrected chi connectivity index (χ3v) is 12.7. The van der Waals surface area contributed by atoms with Crippen LogP contribution in [-0.4, -0.2) is 29.5 Å². The first kappa shape index (κ1) is 29.4. The molecule has 5 heteroatoms. The van der Waals surface area contributed by atoms with Crippen molar-refractivity contribution in [3.8, 4) is 45.3 Å². The molecule has 4 nitrogen and oxygen atoms in total. The summed E-state index contributed by atoms with van der Waals surface area (Å²) in [6.07, 6.45) is 0. The third kappa shape index (κ3) is 4.64. The molecule has 0 fully saturated rings. The smallest absolute Gasteiger partial charge is 0.456 e. The van der Waals surface area contributed by atoms with Crippen molar-refractivity contribution in [3.63, 3.8) is 0 Å². The van der Waals surface area contributed by atoms with E-state index in [1.807, 2.05) is 60.7 Å². The molecule has 8 aromatic carbocycles. The number of benzene rings is 8. The summed E-state index contributed by atoms with van der Waals surface area (Å²) in [4.78, 5) is 15.2. The van der Waals surface area contributed by atoms with Gasteiger partial charge in [0.05, 0.1) is 0 Å². The number of aromatic nitrogens is 3. The number of fused-ring (bicyclic) bond motifs is 9. The van der Waals surface area contributed by atoms with Crippen LogP contribution in [-0.2, 0) is 0 Å². The van der Waals surface area contributed by atoms with Crippen LogP contribution in [0.5, 0.6) is 0 Å². The van der Waals surface area contributed by atoms with Crippen LogP contribution in [0.15, 0.2) is 168 Å². The Morgan fingerprint density at radius 2 is 0.981 bits per heavy atom. The monoisotopic (exact) mass is 729 g/mol. The van der Waals surface area contributed by atoms with E-state index in [4.69, 9.17) is 19.4 Å². The van der Waals surface area contributed by atoms with Crippen molar-refractivity contribution in [2.75, 3.05) is 0 Å². The number of hydrogen-bond donors (Lipinski definition) is 0. The van der Waals surface area contributed by atoms with Crippen molar-refractivity contribution >= 4 is 77.3 Å². The van der Waals surface area contributed by atoms with Crippen LogP contribution < -0.4 is 0 Å². The zero-order valence-corrected chi connectivity index (χ0v) is 29.5. The Bertz CT molecular complexity index is 3200. The molecular formula is C47H27N3OSe. The van der Waals surface area contributed by atoms with Gasteiger partial charge in [0, 0.05) is 10.8 Å². The van der Waals surface area contributed by atoms with E-state index in [9.17, 15) is 0 Å². The molecule has 0 saturated carbocycles. The van der Waals surface area contributed by atoms with Crippen LogP contribution in [0.2, 0.25) is 0 Å². The average Bonchev–Trinajstić information content (AvgIpc) is 3.79. The van der Waals surface area contributed by atoms with Crippen LogP contribution in [0, 0.1) is 0 Å². The van der Waals surface area contributed by atoms with E-state index in [1.54, 1.807) is 0 Å². The SMILES string of the molecule is c1ccc(-c2nc(-c3ccc4cc(-c5cccc6c5[se]c5ccccc56)c5ccccc5c4c3)nc(-c3ccc4oc5ccccc5c4c3)n2)cc1. The Labute approximate surface area is 304 Å². The summed E-state index contributed by atoms with van der Waals surface area (Å²) < 4.78 is 9.04. The number of rotatable bonds is 4. The Balaban J connectivity index is 1.11. The van der Waals surface area contributed by atoms with Crippen molar-refractivity contribution in [3.05, 3.63) is 164 Å². The first-order valence-corrected chi connectivity index (χ1v) is 19.1. The summed E-state index contributed by atoms with van der Waals surface area (Å²) in [6, 6.07) is 57.9. The van der Waals surface area contributed by atoms with Crippen molar-refractivity contribution in [2.24, 2.45) is 0 Å². The van der Waals surface area contributed by atoms with E-state index in [0.717, 1.165) is 38.6 Å². The summed E-state index contributed by atoms with van der Waals surface area (Å²) in [5.41, 5.74) is 7.11. The second-order valence-electron chi connectivity index (χ2n) is 13.2. The fraction of sp³-hybridized carbons (Fsp3) is 0. The van der Waals surface area contributed by atoms with Gasteiger partial charge in [0.25, 0.3) is 0 Å². The van der Waals surface area contributed by atoms with Crippen molar-refractivity contribution < 1.29 is 4.42 Å². The van der Waals surface area contributed by atoms with Crippen LogP contribution >= 0.6 is 0 Å². The van der Waals surface area contributed by atoms with E-state index >= 15 is 0 Å². The Morgan fingerprint density at radius 1 is 0.365 bits per heavy atom. The molecule has 0 amide bonds. The van der Waals surface area contributed by atoms with Crippen LogP contribution in [0.4, 0.5) is 0 Å². The van der Waals surface area contributed by atoms with Crippen molar-refractivity contribution in [2.45, 2.75) is 0 Å². The molecule has 0 aliphatic heterocycles.